The van der Waals surface area contributed by atoms with Crippen molar-refractivity contribution in [1.82, 2.24) is 5.32 Å². The van der Waals surface area contributed by atoms with Gasteiger partial charge in [-0.25, -0.2) is 0 Å². The van der Waals surface area contributed by atoms with Crippen LogP contribution in [0.1, 0.15) is 24.1 Å². The van der Waals surface area contributed by atoms with Crippen molar-refractivity contribution in [3.05, 3.63) is 33.3 Å². The predicted octanol–water partition coefficient (Wildman–Crippen LogP) is 4.14. The Morgan fingerprint density at radius 3 is 2.81 bits per heavy atom. The molecule has 1 N–H and O–H groups in total. The molecule has 0 aromatic heterocycles. The summed E-state index contributed by atoms with van der Waals surface area (Å²) in [6.45, 7) is 2.27. The highest BCUT2D eigenvalue weighted by Crippen LogP contribution is 2.39. The highest BCUT2D eigenvalue weighted by molar-refractivity contribution is 7.98. The highest BCUT2D eigenvalue weighted by atomic mass is 35.5. The van der Waals surface area contributed by atoms with Gasteiger partial charge in [0.2, 0.25) is 0 Å². The summed E-state index contributed by atoms with van der Waals surface area (Å²) in [4.78, 5) is 0. The first-order valence-corrected chi connectivity index (χ1v) is 7.28. The summed E-state index contributed by atoms with van der Waals surface area (Å²) in [5.41, 5.74) is 2.50. The van der Waals surface area contributed by atoms with Crippen LogP contribution in [0.15, 0.2) is 12.1 Å². The van der Waals surface area contributed by atoms with Crippen LogP contribution in [0.5, 0.6) is 0 Å². The first-order chi connectivity index (χ1) is 7.65. The minimum atomic E-state index is 0.375. The molecule has 1 heterocycles. The van der Waals surface area contributed by atoms with Gasteiger partial charge in [-0.05, 0) is 35.9 Å². The Labute approximate surface area is 111 Å². The fraction of sp³-hybridized carbons (Fsp3) is 0.500. The normalized spacial score (nSPS) is 25.0. The third-order valence-corrected chi connectivity index (χ3v) is 5.17. The molecule has 0 fully saturated rings. The van der Waals surface area contributed by atoms with Crippen LogP contribution in [0.4, 0.5) is 0 Å². The second-order valence-electron chi connectivity index (χ2n) is 4.19. The number of nitrogens with one attached hydrogen (secondary N) is 1. The number of rotatable bonds is 1. The Balaban J connectivity index is 2.52. The molecule has 1 nitrogen and oxygen atoms in total. The number of hydrogen-bond donors (Lipinski definition) is 1. The highest BCUT2D eigenvalue weighted by Gasteiger charge is 2.25. The van der Waals surface area contributed by atoms with E-state index in [0.717, 1.165) is 16.5 Å². The van der Waals surface area contributed by atoms with Gasteiger partial charge in [-0.1, -0.05) is 36.2 Å². The van der Waals surface area contributed by atoms with Crippen molar-refractivity contribution in [3.63, 3.8) is 0 Å². The van der Waals surface area contributed by atoms with Crippen molar-refractivity contribution in [3.8, 4) is 0 Å². The summed E-state index contributed by atoms with van der Waals surface area (Å²) in [7, 11) is 2.00. The molecule has 4 heteroatoms. The molecule has 2 atom stereocenters. The van der Waals surface area contributed by atoms with Gasteiger partial charge in [0.1, 0.15) is 0 Å². The van der Waals surface area contributed by atoms with Crippen molar-refractivity contribution < 1.29 is 0 Å². The van der Waals surface area contributed by atoms with E-state index in [2.05, 4.69) is 18.3 Å². The molecule has 0 radical (unpaired) electrons. The maximum Gasteiger partial charge on any atom is 0.0636 e. The lowest BCUT2D eigenvalue weighted by Crippen LogP contribution is -2.24. The Morgan fingerprint density at radius 1 is 1.38 bits per heavy atom. The molecular weight excluding hydrogens is 261 g/mol. The third-order valence-electron chi connectivity index (χ3n) is 3.07. The van der Waals surface area contributed by atoms with Gasteiger partial charge in [-0.15, -0.1) is 0 Å². The first-order valence-electron chi connectivity index (χ1n) is 5.37. The number of thioether (sulfide) groups is 1. The molecular formula is C12H15Cl2NS. The lowest BCUT2D eigenvalue weighted by atomic mass is 9.93. The van der Waals surface area contributed by atoms with Crippen molar-refractivity contribution in [2.24, 2.45) is 5.92 Å². The monoisotopic (exact) mass is 275 g/mol. The van der Waals surface area contributed by atoms with E-state index in [-0.39, 0.29) is 0 Å². The Kier molecular flexibility index (Phi) is 4.06. The molecule has 16 heavy (non-hydrogen) atoms. The lowest BCUT2D eigenvalue weighted by molar-refractivity contribution is 0.450. The molecule has 2 unspecified atom stereocenters. The first kappa shape index (κ1) is 12.6. The van der Waals surface area contributed by atoms with Crippen LogP contribution >= 0.6 is 35.0 Å². The van der Waals surface area contributed by atoms with E-state index < -0.39 is 0 Å². The van der Waals surface area contributed by atoms with Crippen LogP contribution in [0, 0.1) is 5.92 Å². The molecule has 0 aliphatic carbocycles. The zero-order chi connectivity index (χ0) is 11.7. The van der Waals surface area contributed by atoms with Crippen LogP contribution < -0.4 is 5.32 Å². The van der Waals surface area contributed by atoms with E-state index in [1.54, 1.807) is 0 Å². The smallest absolute Gasteiger partial charge is 0.0636 e. The summed E-state index contributed by atoms with van der Waals surface area (Å²) in [6.07, 6.45) is 0. The molecule has 88 valence electrons. The summed E-state index contributed by atoms with van der Waals surface area (Å²) >= 11 is 14.3. The molecule has 2 rings (SSSR count). The lowest BCUT2D eigenvalue weighted by Gasteiger charge is -2.23. The molecule has 0 spiro atoms. The van der Waals surface area contributed by atoms with Gasteiger partial charge in [0.05, 0.1) is 10.0 Å². The summed E-state index contributed by atoms with van der Waals surface area (Å²) in [6, 6.07) is 4.38. The van der Waals surface area contributed by atoms with Crippen molar-refractivity contribution in [2.45, 2.75) is 18.7 Å². The average molecular weight is 276 g/mol. The molecule has 0 bridgehead atoms. The maximum absolute atomic E-state index is 6.28. The van der Waals surface area contributed by atoms with Gasteiger partial charge >= 0.3 is 0 Å². The van der Waals surface area contributed by atoms with Crippen LogP contribution in [-0.2, 0) is 5.75 Å². The Morgan fingerprint density at radius 2 is 2.12 bits per heavy atom. The standard InChI is InChI=1S/C12H15Cl2NS/c1-7-5-16-6-9-8(12(7)15-2)3-4-10(13)11(9)14/h3-4,7,12,15H,5-6H2,1-2H3. The van der Waals surface area contributed by atoms with Crippen LogP contribution in [0.25, 0.3) is 0 Å². The quantitative estimate of drug-likeness (QED) is 0.827. The molecule has 1 aliphatic rings. The maximum atomic E-state index is 6.28. The molecule has 0 amide bonds. The SMILES string of the molecule is CNC1c2ccc(Cl)c(Cl)c2CSCC1C. The largest absolute Gasteiger partial charge is 0.313 e. The number of fused-ring (bicyclic) bond motifs is 1. The molecule has 0 saturated carbocycles. The fourth-order valence-corrected chi connectivity index (χ4v) is 3.93. The third kappa shape index (κ3) is 2.21. The second-order valence-corrected chi connectivity index (χ2v) is 6.00. The van der Waals surface area contributed by atoms with Crippen molar-refractivity contribution in [2.75, 3.05) is 12.8 Å². The van der Waals surface area contributed by atoms with Gasteiger partial charge in [0.15, 0.2) is 0 Å². The van der Waals surface area contributed by atoms with E-state index in [9.17, 15) is 0 Å². The molecule has 0 saturated heterocycles. The summed E-state index contributed by atoms with van der Waals surface area (Å²) in [5.74, 6) is 2.71. The number of benzene rings is 1. The topological polar surface area (TPSA) is 12.0 Å². The molecule has 1 aromatic carbocycles. The van der Waals surface area contributed by atoms with Crippen molar-refractivity contribution in [1.29, 1.82) is 0 Å². The average Bonchev–Trinajstić information content (AvgIpc) is 2.42. The van der Waals surface area contributed by atoms with E-state index >= 15 is 0 Å². The van der Waals surface area contributed by atoms with Gasteiger partial charge in [-0.2, -0.15) is 11.8 Å². The minimum absolute atomic E-state index is 0.375. The fourth-order valence-electron chi connectivity index (χ4n) is 2.24. The number of hydrogen-bond acceptors (Lipinski definition) is 2. The van der Waals surface area contributed by atoms with Gasteiger partial charge < -0.3 is 5.32 Å². The molecule has 1 aliphatic heterocycles. The van der Waals surface area contributed by atoms with Crippen LogP contribution in [-0.4, -0.2) is 12.8 Å². The zero-order valence-corrected chi connectivity index (χ0v) is 11.7. The molecule has 1 aromatic rings. The minimum Gasteiger partial charge on any atom is -0.313 e. The Bertz CT molecular complexity index is 395. The summed E-state index contributed by atoms with van der Waals surface area (Å²) < 4.78 is 0. The Hall–Kier alpha value is 0.110. The summed E-state index contributed by atoms with van der Waals surface area (Å²) in [5, 5.41) is 4.76. The predicted molar refractivity (Wildman–Crippen MR) is 73.6 cm³/mol. The van der Waals surface area contributed by atoms with Gasteiger partial charge in [0.25, 0.3) is 0 Å². The van der Waals surface area contributed by atoms with Crippen LogP contribution in [0.2, 0.25) is 10.0 Å². The van der Waals surface area contributed by atoms with Crippen LogP contribution in [0.3, 0.4) is 0 Å². The zero-order valence-electron chi connectivity index (χ0n) is 9.39. The van der Waals surface area contributed by atoms with Gasteiger partial charge in [-0.3, -0.25) is 0 Å². The number of halogens is 2. The van der Waals surface area contributed by atoms with E-state index in [1.807, 2.05) is 24.9 Å². The van der Waals surface area contributed by atoms with E-state index in [0.29, 0.717) is 17.0 Å². The van der Waals surface area contributed by atoms with E-state index in [1.165, 1.54) is 11.1 Å². The second kappa shape index (κ2) is 5.18. The van der Waals surface area contributed by atoms with Crippen molar-refractivity contribution >= 4 is 35.0 Å². The van der Waals surface area contributed by atoms with Gasteiger partial charge in [0, 0.05) is 11.8 Å². The van der Waals surface area contributed by atoms with E-state index in [4.69, 9.17) is 23.2 Å².